The lowest BCUT2D eigenvalue weighted by Gasteiger charge is -2.36. The second-order valence-electron chi connectivity index (χ2n) is 6.64. The molecule has 3 rings (SSSR count). The van der Waals surface area contributed by atoms with Gasteiger partial charge in [-0.3, -0.25) is 9.48 Å². The van der Waals surface area contributed by atoms with Crippen molar-refractivity contribution in [3.8, 4) is 0 Å². The van der Waals surface area contributed by atoms with Crippen LogP contribution in [0.2, 0.25) is 0 Å². The van der Waals surface area contributed by atoms with Gasteiger partial charge in [-0.1, -0.05) is 24.3 Å². The summed E-state index contributed by atoms with van der Waals surface area (Å²) in [6, 6.07) is 10.3. The lowest BCUT2D eigenvalue weighted by Crippen LogP contribution is -2.53. The van der Waals surface area contributed by atoms with Crippen LogP contribution in [-0.4, -0.2) is 64.2 Å². The van der Waals surface area contributed by atoms with Gasteiger partial charge >= 0.3 is 0 Å². The van der Waals surface area contributed by atoms with E-state index in [1.165, 1.54) is 11.1 Å². The van der Waals surface area contributed by atoms with Crippen LogP contribution in [0.4, 0.5) is 0 Å². The van der Waals surface area contributed by atoms with Gasteiger partial charge in [0, 0.05) is 52.0 Å². The fraction of sp³-hybridized carbons (Fsp3) is 0.450. The molecular formula is C20H28N6O. The van der Waals surface area contributed by atoms with Crippen LogP contribution >= 0.6 is 0 Å². The van der Waals surface area contributed by atoms with E-state index in [1.54, 1.807) is 13.1 Å². The molecule has 1 aliphatic rings. The summed E-state index contributed by atoms with van der Waals surface area (Å²) in [4.78, 5) is 20.5. The van der Waals surface area contributed by atoms with Crippen molar-refractivity contribution in [1.82, 2.24) is 24.9 Å². The lowest BCUT2D eigenvalue weighted by atomic mass is 10.1. The fourth-order valence-corrected chi connectivity index (χ4v) is 3.25. The Morgan fingerprint density at radius 1 is 1.11 bits per heavy atom. The summed E-state index contributed by atoms with van der Waals surface area (Å²) < 4.78 is 1.93. The molecule has 0 bridgehead atoms. The number of benzene rings is 1. The molecular weight excluding hydrogens is 340 g/mol. The Hall–Kier alpha value is -2.83. The van der Waals surface area contributed by atoms with Crippen LogP contribution in [0.1, 0.15) is 25.0 Å². The van der Waals surface area contributed by atoms with E-state index in [4.69, 9.17) is 4.99 Å². The number of rotatable bonds is 5. The molecule has 1 aromatic carbocycles. The van der Waals surface area contributed by atoms with Crippen molar-refractivity contribution in [1.29, 1.82) is 0 Å². The standard InChI is InChI=1S/C20H28N6O/c1-3-21-20(25-13-11-24(12-14-25)17(2)27)22-15-18-7-4-5-8-19(18)16-26-10-6-9-23-26/h4-10H,3,11-16H2,1-2H3,(H,21,22). The van der Waals surface area contributed by atoms with Crippen LogP contribution in [0.5, 0.6) is 0 Å². The number of carbonyl (C=O) groups excluding carboxylic acids is 1. The van der Waals surface area contributed by atoms with Crippen LogP contribution in [0.25, 0.3) is 0 Å². The zero-order chi connectivity index (χ0) is 19.1. The van der Waals surface area contributed by atoms with Gasteiger partial charge in [0.1, 0.15) is 0 Å². The molecule has 0 unspecified atom stereocenters. The van der Waals surface area contributed by atoms with Crippen molar-refractivity contribution in [2.24, 2.45) is 4.99 Å². The highest BCUT2D eigenvalue weighted by molar-refractivity contribution is 5.80. The molecule has 7 nitrogen and oxygen atoms in total. The van der Waals surface area contributed by atoms with Crippen LogP contribution in [-0.2, 0) is 17.9 Å². The minimum Gasteiger partial charge on any atom is -0.357 e. The molecule has 1 N–H and O–H groups in total. The number of hydrogen-bond acceptors (Lipinski definition) is 3. The molecule has 1 fully saturated rings. The van der Waals surface area contributed by atoms with Crippen molar-refractivity contribution < 1.29 is 4.79 Å². The normalized spacial score (nSPS) is 15.1. The first kappa shape index (κ1) is 18.9. The Kier molecular flexibility index (Phi) is 6.46. The van der Waals surface area contributed by atoms with Gasteiger partial charge in [0.2, 0.25) is 5.91 Å². The van der Waals surface area contributed by atoms with Gasteiger partial charge in [0.05, 0.1) is 13.1 Å². The molecule has 1 amide bonds. The highest BCUT2D eigenvalue weighted by Crippen LogP contribution is 2.12. The number of aliphatic imine (C=N–C) groups is 1. The van der Waals surface area contributed by atoms with E-state index in [0.717, 1.165) is 45.2 Å². The first-order valence-corrected chi connectivity index (χ1v) is 9.50. The van der Waals surface area contributed by atoms with E-state index in [0.29, 0.717) is 6.54 Å². The highest BCUT2D eigenvalue weighted by atomic mass is 16.2. The van der Waals surface area contributed by atoms with E-state index in [2.05, 4.69) is 46.5 Å². The summed E-state index contributed by atoms with van der Waals surface area (Å²) in [6.07, 6.45) is 3.77. The van der Waals surface area contributed by atoms with Gasteiger partial charge in [-0.25, -0.2) is 4.99 Å². The van der Waals surface area contributed by atoms with Gasteiger partial charge in [0.25, 0.3) is 0 Å². The maximum atomic E-state index is 11.5. The predicted octanol–water partition coefficient (Wildman–Crippen LogP) is 1.56. The lowest BCUT2D eigenvalue weighted by molar-refractivity contribution is -0.130. The summed E-state index contributed by atoms with van der Waals surface area (Å²) in [6.45, 7) is 8.99. The molecule has 1 saturated heterocycles. The third kappa shape index (κ3) is 5.09. The molecule has 7 heteroatoms. The molecule has 0 spiro atoms. The Morgan fingerprint density at radius 2 is 1.81 bits per heavy atom. The van der Waals surface area contributed by atoms with Gasteiger partial charge in [0.15, 0.2) is 5.96 Å². The molecule has 1 aliphatic heterocycles. The van der Waals surface area contributed by atoms with E-state index in [9.17, 15) is 4.79 Å². The van der Waals surface area contributed by atoms with Crippen LogP contribution in [0.15, 0.2) is 47.7 Å². The number of aromatic nitrogens is 2. The second-order valence-corrected chi connectivity index (χ2v) is 6.64. The minimum absolute atomic E-state index is 0.143. The molecule has 0 atom stereocenters. The number of piperazine rings is 1. The average Bonchev–Trinajstić information content (AvgIpc) is 3.19. The summed E-state index contributed by atoms with van der Waals surface area (Å²) in [5, 5.41) is 7.69. The zero-order valence-corrected chi connectivity index (χ0v) is 16.1. The van der Waals surface area contributed by atoms with Crippen LogP contribution in [0.3, 0.4) is 0 Å². The molecule has 2 heterocycles. The largest absolute Gasteiger partial charge is 0.357 e. The topological polar surface area (TPSA) is 65.8 Å². The average molecular weight is 368 g/mol. The second kappa shape index (κ2) is 9.21. The van der Waals surface area contributed by atoms with Gasteiger partial charge < -0.3 is 15.1 Å². The van der Waals surface area contributed by atoms with E-state index >= 15 is 0 Å². The van der Waals surface area contributed by atoms with E-state index < -0.39 is 0 Å². The fourth-order valence-electron chi connectivity index (χ4n) is 3.25. The Balaban J connectivity index is 1.69. The third-order valence-corrected chi connectivity index (χ3v) is 4.77. The third-order valence-electron chi connectivity index (χ3n) is 4.77. The maximum Gasteiger partial charge on any atom is 0.219 e. The molecule has 0 saturated carbocycles. The smallest absolute Gasteiger partial charge is 0.219 e. The molecule has 144 valence electrons. The first-order valence-electron chi connectivity index (χ1n) is 9.50. The Morgan fingerprint density at radius 3 is 2.44 bits per heavy atom. The van der Waals surface area contributed by atoms with Crippen LogP contribution in [0, 0.1) is 0 Å². The van der Waals surface area contributed by atoms with Crippen molar-refractivity contribution in [2.45, 2.75) is 26.9 Å². The first-order chi connectivity index (χ1) is 13.2. The minimum atomic E-state index is 0.143. The van der Waals surface area contributed by atoms with Crippen LogP contribution < -0.4 is 5.32 Å². The summed E-state index contributed by atoms with van der Waals surface area (Å²) in [5.41, 5.74) is 2.42. The Labute approximate surface area is 160 Å². The number of nitrogens with zero attached hydrogens (tertiary/aromatic N) is 5. The number of carbonyl (C=O) groups is 1. The molecule has 2 aromatic rings. The van der Waals surface area contributed by atoms with Crippen molar-refractivity contribution in [3.63, 3.8) is 0 Å². The quantitative estimate of drug-likeness (QED) is 0.643. The summed E-state index contributed by atoms with van der Waals surface area (Å²) in [5.74, 6) is 1.05. The van der Waals surface area contributed by atoms with Crippen molar-refractivity contribution in [2.75, 3.05) is 32.7 Å². The zero-order valence-electron chi connectivity index (χ0n) is 16.1. The van der Waals surface area contributed by atoms with E-state index in [-0.39, 0.29) is 5.91 Å². The number of nitrogens with one attached hydrogen (secondary N) is 1. The van der Waals surface area contributed by atoms with E-state index in [1.807, 2.05) is 21.8 Å². The molecule has 27 heavy (non-hydrogen) atoms. The highest BCUT2D eigenvalue weighted by Gasteiger charge is 2.20. The molecule has 0 aliphatic carbocycles. The summed E-state index contributed by atoms with van der Waals surface area (Å²) in [7, 11) is 0. The van der Waals surface area contributed by atoms with Crippen molar-refractivity contribution in [3.05, 3.63) is 53.9 Å². The number of hydrogen-bond donors (Lipinski definition) is 1. The monoisotopic (exact) mass is 368 g/mol. The maximum absolute atomic E-state index is 11.5. The van der Waals surface area contributed by atoms with Gasteiger partial charge in [-0.15, -0.1) is 0 Å². The summed E-state index contributed by atoms with van der Waals surface area (Å²) >= 11 is 0. The van der Waals surface area contributed by atoms with Gasteiger partial charge in [-0.2, -0.15) is 5.10 Å². The van der Waals surface area contributed by atoms with Gasteiger partial charge in [-0.05, 0) is 24.1 Å². The number of guanidine groups is 1. The number of amides is 1. The Bertz CT molecular complexity index is 763. The SMILES string of the molecule is CCNC(=NCc1ccccc1Cn1cccn1)N1CCN(C(C)=O)CC1. The van der Waals surface area contributed by atoms with Crippen molar-refractivity contribution >= 4 is 11.9 Å². The molecule has 0 radical (unpaired) electrons. The predicted molar refractivity (Wildman–Crippen MR) is 106 cm³/mol. The molecule has 1 aromatic heterocycles.